The maximum atomic E-state index is 5.35. The van der Waals surface area contributed by atoms with Crippen LogP contribution in [0, 0.1) is 5.41 Å². The van der Waals surface area contributed by atoms with Crippen molar-refractivity contribution < 1.29 is 4.74 Å². The van der Waals surface area contributed by atoms with E-state index in [-0.39, 0.29) is 5.41 Å². The van der Waals surface area contributed by atoms with Crippen molar-refractivity contribution in [3.05, 3.63) is 11.3 Å². The van der Waals surface area contributed by atoms with Gasteiger partial charge in [0, 0.05) is 25.0 Å². The van der Waals surface area contributed by atoms with Gasteiger partial charge in [0.05, 0.1) is 25.5 Å². The molecule has 0 N–H and O–H groups in total. The molecule has 0 aromatic heterocycles. The maximum absolute atomic E-state index is 5.35. The highest BCUT2D eigenvalue weighted by atomic mass is 16.5. The average molecular weight is 223 g/mol. The van der Waals surface area contributed by atoms with Gasteiger partial charge < -0.3 is 4.74 Å². The molecule has 0 aliphatic carbocycles. The molecule has 2 rings (SSSR count). The standard InChI is InChI=1S/C12H21N3O/c1-12(2,3)11-10(8-13-14-11)9-15-4-6-16-7-5-15/h4-9H2,1-3H3. The summed E-state index contributed by atoms with van der Waals surface area (Å²) in [4.78, 5) is 2.43. The quantitative estimate of drug-likeness (QED) is 0.718. The van der Waals surface area contributed by atoms with Crippen molar-refractivity contribution in [3.8, 4) is 0 Å². The molecule has 0 aromatic rings. The van der Waals surface area contributed by atoms with Crippen molar-refractivity contribution in [2.24, 2.45) is 15.6 Å². The molecule has 0 bridgehead atoms. The van der Waals surface area contributed by atoms with E-state index in [4.69, 9.17) is 4.74 Å². The number of morpholine rings is 1. The first-order valence-electron chi connectivity index (χ1n) is 5.97. The lowest BCUT2D eigenvalue weighted by molar-refractivity contribution is 0.0420. The van der Waals surface area contributed by atoms with Gasteiger partial charge in [-0.2, -0.15) is 10.2 Å². The van der Waals surface area contributed by atoms with E-state index in [1.54, 1.807) is 0 Å². The van der Waals surface area contributed by atoms with Crippen molar-refractivity contribution in [3.63, 3.8) is 0 Å². The highest BCUT2D eigenvalue weighted by Crippen LogP contribution is 2.33. The Morgan fingerprint density at radius 3 is 2.56 bits per heavy atom. The molecule has 2 aliphatic heterocycles. The van der Waals surface area contributed by atoms with E-state index in [0.29, 0.717) is 0 Å². The molecule has 1 fully saturated rings. The van der Waals surface area contributed by atoms with E-state index in [1.165, 1.54) is 11.3 Å². The van der Waals surface area contributed by atoms with Gasteiger partial charge in [-0.3, -0.25) is 4.90 Å². The molecule has 0 saturated carbocycles. The molecule has 0 atom stereocenters. The molecule has 0 radical (unpaired) electrons. The van der Waals surface area contributed by atoms with Crippen molar-refractivity contribution in [1.29, 1.82) is 0 Å². The summed E-state index contributed by atoms with van der Waals surface area (Å²) in [6.07, 6.45) is 0. The highest BCUT2D eigenvalue weighted by molar-refractivity contribution is 5.24. The third-order valence-electron chi connectivity index (χ3n) is 3.00. The minimum atomic E-state index is 0.113. The Labute approximate surface area is 97.4 Å². The van der Waals surface area contributed by atoms with Gasteiger partial charge in [-0.25, -0.2) is 0 Å². The fourth-order valence-electron chi connectivity index (χ4n) is 2.17. The summed E-state index contributed by atoms with van der Waals surface area (Å²) in [5.41, 5.74) is 2.68. The van der Waals surface area contributed by atoms with Crippen LogP contribution < -0.4 is 0 Å². The summed E-state index contributed by atoms with van der Waals surface area (Å²) >= 11 is 0. The minimum absolute atomic E-state index is 0.113. The van der Waals surface area contributed by atoms with Crippen molar-refractivity contribution >= 4 is 0 Å². The number of hydrogen-bond acceptors (Lipinski definition) is 4. The molecule has 2 heterocycles. The van der Waals surface area contributed by atoms with Gasteiger partial charge in [-0.1, -0.05) is 20.8 Å². The molecule has 0 aromatic carbocycles. The van der Waals surface area contributed by atoms with Crippen LogP contribution in [0.2, 0.25) is 0 Å². The van der Waals surface area contributed by atoms with Gasteiger partial charge in [-0.05, 0) is 5.57 Å². The lowest BCUT2D eigenvalue weighted by Crippen LogP contribution is -2.38. The van der Waals surface area contributed by atoms with Gasteiger partial charge >= 0.3 is 0 Å². The number of allylic oxidation sites excluding steroid dienone is 1. The monoisotopic (exact) mass is 223 g/mol. The van der Waals surface area contributed by atoms with Gasteiger partial charge in [0.1, 0.15) is 0 Å². The molecule has 2 aliphatic rings. The molecular weight excluding hydrogens is 202 g/mol. The Hall–Kier alpha value is -0.740. The van der Waals surface area contributed by atoms with Gasteiger partial charge in [0.25, 0.3) is 0 Å². The van der Waals surface area contributed by atoms with Crippen LogP contribution in [0.3, 0.4) is 0 Å². The summed E-state index contributed by atoms with van der Waals surface area (Å²) in [5, 5.41) is 8.47. The van der Waals surface area contributed by atoms with E-state index in [1.807, 2.05) is 0 Å². The third kappa shape index (κ3) is 2.68. The molecule has 0 amide bonds. The predicted octanol–water partition coefficient (Wildman–Crippen LogP) is 2.08. The normalized spacial score (nSPS) is 23.2. The van der Waals surface area contributed by atoms with Crippen molar-refractivity contribution in [2.45, 2.75) is 20.8 Å². The van der Waals surface area contributed by atoms with E-state index in [0.717, 1.165) is 39.4 Å². The van der Waals surface area contributed by atoms with E-state index in [2.05, 4.69) is 35.9 Å². The number of ether oxygens (including phenoxy) is 1. The lowest BCUT2D eigenvalue weighted by Gasteiger charge is -2.28. The Kier molecular flexibility index (Phi) is 3.40. The Bertz CT molecular complexity index is 309. The zero-order valence-corrected chi connectivity index (χ0v) is 10.5. The second-order valence-corrected chi connectivity index (χ2v) is 5.49. The van der Waals surface area contributed by atoms with Crippen LogP contribution in [-0.4, -0.2) is 44.3 Å². The number of nitrogens with zero attached hydrogens (tertiary/aromatic N) is 3. The van der Waals surface area contributed by atoms with Crippen molar-refractivity contribution in [1.82, 2.24) is 4.90 Å². The van der Waals surface area contributed by atoms with E-state index in [9.17, 15) is 0 Å². The SMILES string of the molecule is CC(C)(C)C1=C(CN2CCOCC2)CN=N1. The van der Waals surface area contributed by atoms with Crippen LogP contribution in [0.1, 0.15) is 20.8 Å². The van der Waals surface area contributed by atoms with Crippen LogP contribution in [0.15, 0.2) is 21.5 Å². The number of azo groups is 1. The first-order valence-corrected chi connectivity index (χ1v) is 5.97. The highest BCUT2D eigenvalue weighted by Gasteiger charge is 2.26. The first-order chi connectivity index (χ1) is 7.57. The largest absolute Gasteiger partial charge is 0.379 e. The van der Waals surface area contributed by atoms with E-state index < -0.39 is 0 Å². The van der Waals surface area contributed by atoms with Gasteiger partial charge in [-0.15, -0.1) is 0 Å². The van der Waals surface area contributed by atoms with Gasteiger partial charge in [0.15, 0.2) is 0 Å². The molecule has 4 nitrogen and oxygen atoms in total. The Morgan fingerprint density at radius 2 is 1.94 bits per heavy atom. The summed E-state index contributed by atoms with van der Waals surface area (Å²) in [6, 6.07) is 0. The lowest BCUT2D eigenvalue weighted by atomic mass is 9.89. The fraction of sp³-hybridized carbons (Fsp3) is 0.833. The molecule has 1 saturated heterocycles. The summed E-state index contributed by atoms with van der Waals surface area (Å²) in [5.74, 6) is 0. The third-order valence-corrected chi connectivity index (χ3v) is 3.00. The smallest absolute Gasteiger partial charge is 0.0847 e. The van der Waals surface area contributed by atoms with Crippen LogP contribution in [0.5, 0.6) is 0 Å². The molecule has 16 heavy (non-hydrogen) atoms. The van der Waals surface area contributed by atoms with Crippen LogP contribution in [0.4, 0.5) is 0 Å². The Morgan fingerprint density at radius 1 is 1.25 bits per heavy atom. The summed E-state index contributed by atoms with van der Waals surface area (Å²) < 4.78 is 5.35. The molecule has 90 valence electrons. The average Bonchev–Trinajstić information content (AvgIpc) is 2.67. The maximum Gasteiger partial charge on any atom is 0.0847 e. The second kappa shape index (κ2) is 4.63. The van der Waals surface area contributed by atoms with Crippen molar-refractivity contribution in [2.75, 3.05) is 39.4 Å². The number of hydrogen-bond donors (Lipinski definition) is 0. The first kappa shape index (κ1) is 11.7. The fourth-order valence-corrected chi connectivity index (χ4v) is 2.17. The van der Waals surface area contributed by atoms with E-state index >= 15 is 0 Å². The molecule has 0 spiro atoms. The van der Waals surface area contributed by atoms with Crippen LogP contribution in [0.25, 0.3) is 0 Å². The summed E-state index contributed by atoms with van der Waals surface area (Å²) in [6.45, 7) is 12.2. The molecular formula is C12H21N3O. The zero-order chi connectivity index (χ0) is 11.6. The molecule has 0 unspecified atom stereocenters. The predicted molar refractivity (Wildman–Crippen MR) is 63.5 cm³/mol. The number of rotatable bonds is 2. The minimum Gasteiger partial charge on any atom is -0.379 e. The molecule has 4 heteroatoms. The van der Waals surface area contributed by atoms with Crippen LogP contribution in [-0.2, 0) is 4.74 Å². The zero-order valence-electron chi connectivity index (χ0n) is 10.5. The topological polar surface area (TPSA) is 37.2 Å². The van der Waals surface area contributed by atoms with Crippen LogP contribution >= 0.6 is 0 Å². The summed E-state index contributed by atoms with van der Waals surface area (Å²) in [7, 11) is 0. The Balaban J connectivity index is 2.03. The second-order valence-electron chi connectivity index (χ2n) is 5.49. The van der Waals surface area contributed by atoms with Gasteiger partial charge in [0.2, 0.25) is 0 Å².